The first-order valence-electron chi connectivity index (χ1n) is 7.68. The minimum absolute atomic E-state index is 0.0445. The molecule has 0 unspecified atom stereocenters. The molecule has 0 amide bonds. The topological polar surface area (TPSA) is 59.1 Å². The predicted molar refractivity (Wildman–Crippen MR) is 97.6 cm³/mol. The van der Waals surface area contributed by atoms with Crippen molar-refractivity contribution >= 4 is 34.6 Å². The van der Waals surface area contributed by atoms with Gasteiger partial charge in [0.1, 0.15) is 29.5 Å². The molecule has 3 rings (SSSR count). The Morgan fingerprint density at radius 3 is 2.56 bits per heavy atom. The largest absolute Gasteiger partial charge is 0.492 e. The molecule has 0 saturated carbocycles. The van der Waals surface area contributed by atoms with Crippen LogP contribution in [0.2, 0.25) is 5.02 Å². The number of nitrogens with one attached hydrogen (secondary N) is 2. The molecule has 0 radical (unpaired) electrons. The summed E-state index contributed by atoms with van der Waals surface area (Å²) in [5.41, 5.74) is 1.43. The summed E-state index contributed by atoms with van der Waals surface area (Å²) in [5, 5.41) is 6.31. The predicted octanol–water partition coefficient (Wildman–Crippen LogP) is 5.16. The standard InChI is InChI=1S/C18H16ClFN4O/c1-2-25-16-6-4-3-5-15(16)24-18-10-17(21-11-22-18)23-12-7-8-14(20)13(19)9-12/h3-11H,2H2,1H3,(H2,21,22,23,24). The van der Waals surface area contributed by atoms with Gasteiger partial charge in [-0.05, 0) is 37.3 Å². The van der Waals surface area contributed by atoms with Crippen molar-refractivity contribution in [3.05, 3.63) is 65.7 Å². The molecule has 1 heterocycles. The van der Waals surface area contributed by atoms with Crippen LogP contribution in [0.25, 0.3) is 0 Å². The van der Waals surface area contributed by atoms with E-state index in [0.29, 0.717) is 23.9 Å². The minimum Gasteiger partial charge on any atom is -0.492 e. The van der Waals surface area contributed by atoms with Crippen LogP contribution >= 0.6 is 11.6 Å². The average molecular weight is 359 g/mol. The van der Waals surface area contributed by atoms with Crippen LogP contribution in [-0.4, -0.2) is 16.6 Å². The Hall–Kier alpha value is -2.86. The van der Waals surface area contributed by atoms with Crippen LogP contribution in [0, 0.1) is 5.82 Å². The number of para-hydroxylation sites is 2. The van der Waals surface area contributed by atoms with Crippen molar-refractivity contribution in [1.82, 2.24) is 9.97 Å². The van der Waals surface area contributed by atoms with Crippen molar-refractivity contribution in [1.29, 1.82) is 0 Å². The summed E-state index contributed by atoms with van der Waals surface area (Å²) in [4.78, 5) is 8.36. The summed E-state index contributed by atoms with van der Waals surface area (Å²) < 4.78 is 18.8. The highest BCUT2D eigenvalue weighted by Gasteiger charge is 2.06. The van der Waals surface area contributed by atoms with Gasteiger partial charge in [-0.1, -0.05) is 23.7 Å². The van der Waals surface area contributed by atoms with E-state index in [1.54, 1.807) is 12.1 Å². The van der Waals surface area contributed by atoms with E-state index in [1.165, 1.54) is 18.5 Å². The van der Waals surface area contributed by atoms with Gasteiger partial charge in [0.25, 0.3) is 0 Å². The minimum atomic E-state index is -0.468. The Labute approximate surface area is 149 Å². The molecule has 0 atom stereocenters. The third-order valence-electron chi connectivity index (χ3n) is 3.31. The Morgan fingerprint density at radius 2 is 1.80 bits per heavy atom. The maximum absolute atomic E-state index is 13.2. The summed E-state index contributed by atoms with van der Waals surface area (Å²) in [6.45, 7) is 2.50. The van der Waals surface area contributed by atoms with E-state index in [9.17, 15) is 4.39 Å². The van der Waals surface area contributed by atoms with Crippen molar-refractivity contribution in [2.75, 3.05) is 17.2 Å². The molecule has 0 spiro atoms. The molecule has 2 aromatic carbocycles. The lowest BCUT2D eigenvalue weighted by molar-refractivity contribution is 0.342. The number of benzene rings is 2. The van der Waals surface area contributed by atoms with Crippen molar-refractivity contribution in [3.8, 4) is 5.75 Å². The number of rotatable bonds is 6. The Kier molecular flexibility index (Phi) is 5.30. The molecular weight excluding hydrogens is 343 g/mol. The van der Waals surface area contributed by atoms with E-state index in [2.05, 4.69) is 20.6 Å². The zero-order valence-corrected chi connectivity index (χ0v) is 14.2. The molecule has 128 valence electrons. The number of nitrogens with zero attached hydrogens (tertiary/aromatic N) is 2. The van der Waals surface area contributed by atoms with Gasteiger partial charge in [0.05, 0.1) is 17.3 Å². The Bertz CT molecular complexity index is 875. The van der Waals surface area contributed by atoms with E-state index in [0.717, 1.165) is 11.4 Å². The van der Waals surface area contributed by atoms with Crippen molar-refractivity contribution < 1.29 is 9.13 Å². The molecule has 0 aliphatic heterocycles. The molecule has 25 heavy (non-hydrogen) atoms. The number of halogens is 2. The zero-order chi connectivity index (χ0) is 17.6. The molecule has 2 N–H and O–H groups in total. The van der Waals surface area contributed by atoms with Crippen LogP contribution in [0.5, 0.6) is 5.75 Å². The monoisotopic (exact) mass is 358 g/mol. The molecule has 0 saturated heterocycles. The van der Waals surface area contributed by atoms with E-state index in [-0.39, 0.29) is 5.02 Å². The summed E-state index contributed by atoms with van der Waals surface area (Å²) in [6.07, 6.45) is 1.43. The van der Waals surface area contributed by atoms with Crippen LogP contribution in [0.1, 0.15) is 6.92 Å². The first-order valence-corrected chi connectivity index (χ1v) is 8.06. The van der Waals surface area contributed by atoms with E-state index < -0.39 is 5.82 Å². The maximum atomic E-state index is 13.2. The third-order valence-corrected chi connectivity index (χ3v) is 3.60. The molecule has 0 bridgehead atoms. The molecule has 7 heteroatoms. The van der Waals surface area contributed by atoms with E-state index >= 15 is 0 Å². The number of anilines is 4. The molecule has 1 aromatic heterocycles. The van der Waals surface area contributed by atoms with Crippen LogP contribution in [0.4, 0.5) is 27.4 Å². The van der Waals surface area contributed by atoms with Crippen molar-refractivity contribution in [3.63, 3.8) is 0 Å². The van der Waals surface area contributed by atoms with Gasteiger partial charge in [-0.3, -0.25) is 0 Å². The molecule has 5 nitrogen and oxygen atoms in total. The van der Waals surface area contributed by atoms with Gasteiger partial charge in [0, 0.05) is 11.8 Å². The zero-order valence-electron chi connectivity index (χ0n) is 13.5. The fourth-order valence-electron chi connectivity index (χ4n) is 2.21. The normalized spacial score (nSPS) is 10.4. The molecule has 0 aliphatic rings. The van der Waals surface area contributed by atoms with E-state index in [4.69, 9.17) is 16.3 Å². The second-order valence-corrected chi connectivity index (χ2v) is 5.50. The van der Waals surface area contributed by atoms with Crippen molar-refractivity contribution in [2.24, 2.45) is 0 Å². The van der Waals surface area contributed by atoms with E-state index in [1.807, 2.05) is 31.2 Å². The number of hydrogen-bond acceptors (Lipinski definition) is 5. The summed E-state index contributed by atoms with van der Waals surface area (Å²) in [7, 11) is 0. The number of aromatic nitrogens is 2. The Morgan fingerprint density at radius 1 is 1.04 bits per heavy atom. The smallest absolute Gasteiger partial charge is 0.142 e. The number of ether oxygens (including phenoxy) is 1. The summed E-state index contributed by atoms with van der Waals surface area (Å²) in [5.74, 6) is 1.42. The second kappa shape index (κ2) is 7.81. The van der Waals surface area contributed by atoms with Gasteiger partial charge in [0.2, 0.25) is 0 Å². The van der Waals surface area contributed by atoms with Crippen LogP contribution < -0.4 is 15.4 Å². The van der Waals surface area contributed by atoms with Gasteiger partial charge in [-0.2, -0.15) is 0 Å². The van der Waals surface area contributed by atoms with Gasteiger partial charge in [0.15, 0.2) is 0 Å². The number of hydrogen-bond donors (Lipinski definition) is 2. The lowest BCUT2D eigenvalue weighted by Gasteiger charge is -2.12. The first kappa shape index (κ1) is 17.0. The molecule has 0 aliphatic carbocycles. The molecular formula is C18H16ClFN4O. The summed E-state index contributed by atoms with van der Waals surface area (Å²) >= 11 is 5.79. The highest BCUT2D eigenvalue weighted by Crippen LogP contribution is 2.28. The highest BCUT2D eigenvalue weighted by molar-refractivity contribution is 6.31. The van der Waals surface area contributed by atoms with Gasteiger partial charge in [-0.15, -0.1) is 0 Å². The fourth-order valence-corrected chi connectivity index (χ4v) is 2.39. The SMILES string of the molecule is CCOc1ccccc1Nc1cc(Nc2ccc(F)c(Cl)c2)ncn1. The van der Waals surface area contributed by atoms with Gasteiger partial charge >= 0.3 is 0 Å². The quantitative estimate of drug-likeness (QED) is 0.637. The fraction of sp³-hybridized carbons (Fsp3) is 0.111. The maximum Gasteiger partial charge on any atom is 0.142 e. The molecule has 3 aromatic rings. The third kappa shape index (κ3) is 4.36. The van der Waals surface area contributed by atoms with Crippen LogP contribution in [0.15, 0.2) is 54.9 Å². The Balaban J connectivity index is 1.78. The second-order valence-electron chi connectivity index (χ2n) is 5.10. The first-order chi connectivity index (χ1) is 12.2. The molecule has 0 fully saturated rings. The van der Waals surface area contributed by atoms with Gasteiger partial charge in [-0.25, -0.2) is 14.4 Å². The van der Waals surface area contributed by atoms with Gasteiger partial charge < -0.3 is 15.4 Å². The van der Waals surface area contributed by atoms with Crippen LogP contribution in [-0.2, 0) is 0 Å². The lowest BCUT2D eigenvalue weighted by atomic mass is 10.3. The highest BCUT2D eigenvalue weighted by atomic mass is 35.5. The van der Waals surface area contributed by atoms with Crippen LogP contribution in [0.3, 0.4) is 0 Å². The average Bonchev–Trinajstić information content (AvgIpc) is 2.61. The van der Waals surface area contributed by atoms with Crippen molar-refractivity contribution in [2.45, 2.75) is 6.92 Å². The lowest BCUT2D eigenvalue weighted by Crippen LogP contribution is -2.01. The summed E-state index contributed by atoms with van der Waals surface area (Å²) in [6, 6.07) is 13.7.